The van der Waals surface area contributed by atoms with Crippen molar-refractivity contribution in [2.45, 2.75) is 47.3 Å². The first-order chi connectivity index (χ1) is 15.3. The fourth-order valence-corrected chi connectivity index (χ4v) is 3.10. The Morgan fingerprint density at radius 3 is 2.22 bits per heavy atom. The molecule has 0 heterocycles. The van der Waals surface area contributed by atoms with Gasteiger partial charge in [-0.3, -0.25) is 9.59 Å². The third-order valence-corrected chi connectivity index (χ3v) is 4.78. The van der Waals surface area contributed by atoms with E-state index in [9.17, 15) is 14.4 Å². The van der Waals surface area contributed by atoms with Gasteiger partial charge in [0.05, 0.1) is 18.8 Å². The molecule has 0 radical (unpaired) electrons. The lowest BCUT2D eigenvalue weighted by Crippen LogP contribution is -2.45. The average Bonchev–Trinajstić information content (AvgIpc) is 2.76. The largest absolute Gasteiger partial charge is 0.493 e. The number of para-hydroxylation sites is 1. The number of ether oxygens (including phenoxy) is 3. The summed E-state index contributed by atoms with van der Waals surface area (Å²) in [7, 11) is 0. The number of carbonyl (C=O) groups is 3. The van der Waals surface area contributed by atoms with Crippen LogP contribution in [0.4, 0.5) is 0 Å². The molecule has 0 saturated carbocycles. The predicted molar refractivity (Wildman–Crippen MR) is 121 cm³/mol. The average molecular weight is 442 g/mol. The number of rotatable bonds is 11. The number of carbonyl (C=O) groups excluding carboxylic acids is 3. The Kier molecular flexibility index (Phi) is 9.25. The molecule has 1 amide bonds. The summed E-state index contributed by atoms with van der Waals surface area (Å²) in [6.45, 7) is 9.57. The SMILES string of the molecule is CCOc1ccc(C(C)=O)cc1COC(=O)[C@@H](NC(=O)c1ccccc1OCC)C(C)C. The van der Waals surface area contributed by atoms with Crippen molar-refractivity contribution in [3.63, 3.8) is 0 Å². The lowest BCUT2D eigenvalue weighted by molar-refractivity contribution is -0.148. The highest BCUT2D eigenvalue weighted by Crippen LogP contribution is 2.23. The Labute approximate surface area is 189 Å². The van der Waals surface area contributed by atoms with Crippen molar-refractivity contribution < 1.29 is 28.6 Å². The molecule has 172 valence electrons. The van der Waals surface area contributed by atoms with Crippen LogP contribution in [0.3, 0.4) is 0 Å². The molecule has 32 heavy (non-hydrogen) atoms. The first-order valence-corrected chi connectivity index (χ1v) is 10.7. The van der Waals surface area contributed by atoms with Crippen LogP contribution in [0, 0.1) is 5.92 Å². The van der Waals surface area contributed by atoms with Crippen molar-refractivity contribution in [2.75, 3.05) is 13.2 Å². The van der Waals surface area contributed by atoms with E-state index in [-0.39, 0.29) is 18.3 Å². The Balaban J connectivity index is 2.15. The van der Waals surface area contributed by atoms with Gasteiger partial charge >= 0.3 is 5.97 Å². The van der Waals surface area contributed by atoms with Crippen LogP contribution in [0.25, 0.3) is 0 Å². The number of esters is 1. The summed E-state index contributed by atoms with van der Waals surface area (Å²) in [4.78, 5) is 37.4. The minimum absolute atomic E-state index is 0.0795. The zero-order chi connectivity index (χ0) is 23.7. The summed E-state index contributed by atoms with van der Waals surface area (Å²) in [5.74, 6) is -0.301. The van der Waals surface area contributed by atoms with Gasteiger partial charge in [-0.25, -0.2) is 4.79 Å². The molecule has 0 saturated heterocycles. The van der Waals surface area contributed by atoms with Gasteiger partial charge in [-0.15, -0.1) is 0 Å². The summed E-state index contributed by atoms with van der Waals surface area (Å²) in [6, 6.07) is 11.0. The molecule has 2 aromatic rings. The first-order valence-electron chi connectivity index (χ1n) is 10.7. The quantitative estimate of drug-likeness (QED) is 0.415. The van der Waals surface area contributed by atoms with Crippen molar-refractivity contribution in [1.82, 2.24) is 5.32 Å². The second-order valence-electron chi connectivity index (χ2n) is 7.54. The van der Waals surface area contributed by atoms with Crippen LogP contribution in [0.2, 0.25) is 0 Å². The van der Waals surface area contributed by atoms with E-state index in [1.807, 2.05) is 27.7 Å². The Hall–Kier alpha value is -3.35. The normalized spacial score (nSPS) is 11.6. The summed E-state index contributed by atoms with van der Waals surface area (Å²) in [5.41, 5.74) is 1.43. The van der Waals surface area contributed by atoms with Crippen LogP contribution < -0.4 is 14.8 Å². The van der Waals surface area contributed by atoms with Gasteiger partial charge in [0.2, 0.25) is 0 Å². The van der Waals surface area contributed by atoms with Crippen LogP contribution in [0.1, 0.15) is 60.9 Å². The molecular weight excluding hydrogens is 410 g/mol. The summed E-state index contributed by atoms with van der Waals surface area (Å²) in [6.07, 6.45) is 0. The number of hydrogen-bond donors (Lipinski definition) is 1. The molecule has 0 aliphatic rings. The van der Waals surface area contributed by atoms with E-state index >= 15 is 0 Å². The molecule has 0 spiro atoms. The third kappa shape index (κ3) is 6.57. The standard InChI is InChI=1S/C25H31NO6/c1-6-30-21-13-12-18(17(5)27)14-19(21)15-32-25(29)23(16(3)4)26-24(28)20-10-8-9-11-22(20)31-7-2/h8-14,16,23H,6-7,15H2,1-5H3,(H,26,28)/t23-/m0/s1. The van der Waals surface area contributed by atoms with Gasteiger partial charge < -0.3 is 19.5 Å². The number of ketones is 1. The summed E-state index contributed by atoms with van der Waals surface area (Å²) >= 11 is 0. The van der Waals surface area contributed by atoms with Crippen LogP contribution in [-0.4, -0.2) is 36.9 Å². The van der Waals surface area contributed by atoms with Crippen LogP contribution in [0.15, 0.2) is 42.5 Å². The third-order valence-electron chi connectivity index (χ3n) is 4.78. The lowest BCUT2D eigenvalue weighted by atomic mass is 10.0. The Bertz CT molecular complexity index is 953. The van der Waals surface area contributed by atoms with E-state index in [1.54, 1.807) is 42.5 Å². The van der Waals surface area contributed by atoms with Gasteiger partial charge in [0, 0.05) is 11.1 Å². The van der Waals surface area contributed by atoms with Gasteiger partial charge in [0.15, 0.2) is 5.78 Å². The van der Waals surface area contributed by atoms with Gasteiger partial charge in [-0.1, -0.05) is 26.0 Å². The molecule has 0 aliphatic carbocycles. The molecular formula is C25H31NO6. The highest BCUT2D eigenvalue weighted by Gasteiger charge is 2.27. The minimum atomic E-state index is -0.858. The van der Waals surface area contributed by atoms with E-state index in [4.69, 9.17) is 14.2 Å². The van der Waals surface area contributed by atoms with Crippen LogP contribution in [0.5, 0.6) is 11.5 Å². The molecule has 0 fully saturated rings. The van der Waals surface area contributed by atoms with Crippen molar-refractivity contribution >= 4 is 17.7 Å². The fourth-order valence-electron chi connectivity index (χ4n) is 3.10. The van der Waals surface area contributed by atoms with Gasteiger partial charge in [-0.2, -0.15) is 0 Å². The number of amides is 1. The molecule has 0 aliphatic heterocycles. The smallest absolute Gasteiger partial charge is 0.329 e. The zero-order valence-corrected chi connectivity index (χ0v) is 19.3. The van der Waals surface area contributed by atoms with E-state index < -0.39 is 17.9 Å². The second-order valence-corrected chi connectivity index (χ2v) is 7.54. The van der Waals surface area contributed by atoms with Crippen molar-refractivity contribution in [3.05, 3.63) is 59.2 Å². The molecule has 2 aromatic carbocycles. The molecule has 0 bridgehead atoms. The monoisotopic (exact) mass is 441 g/mol. The van der Waals surface area contributed by atoms with Crippen molar-refractivity contribution in [1.29, 1.82) is 0 Å². The maximum Gasteiger partial charge on any atom is 0.329 e. The molecule has 7 nitrogen and oxygen atoms in total. The number of hydrogen-bond acceptors (Lipinski definition) is 6. The Morgan fingerprint density at radius 2 is 1.59 bits per heavy atom. The maximum atomic E-state index is 12.8. The van der Waals surface area contributed by atoms with Gasteiger partial charge in [0.25, 0.3) is 5.91 Å². The number of benzene rings is 2. The summed E-state index contributed by atoms with van der Waals surface area (Å²) < 4.78 is 16.6. The minimum Gasteiger partial charge on any atom is -0.493 e. The molecule has 1 atom stereocenters. The Morgan fingerprint density at radius 1 is 0.938 bits per heavy atom. The van der Waals surface area contributed by atoms with E-state index in [0.717, 1.165) is 0 Å². The lowest BCUT2D eigenvalue weighted by Gasteiger charge is -2.22. The fraction of sp³-hybridized carbons (Fsp3) is 0.400. The van der Waals surface area contributed by atoms with Crippen LogP contribution >= 0.6 is 0 Å². The first kappa shape index (κ1) is 24.9. The molecule has 2 rings (SSSR count). The van der Waals surface area contributed by atoms with E-state index in [1.165, 1.54) is 6.92 Å². The van der Waals surface area contributed by atoms with E-state index in [2.05, 4.69) is 5.32 Å². The second kappa shape index (κ2) is 11.9. The van der Waals surface area contributed by atoms with Gasteiger partial charge in [0.1, 0.15) is 24.1 Å². The predicted octanol–water partition coefficient (Wildman–Crippen LogP) is 4.18. The molecule has 0 aromatic heterocycles. The van der Waals surface area contributed by atoms with Gasteiger partial charge in [-0.05, 0) is 57.0 Å². The van der Waals surface area contributed by atoms with E-state index in [0.29, 0.717) is 41.4 Å². The topological polar surface area (TPSA) is 90.9 Å². The molecule has 1 N–H and O–H groups in total. The van der Waals surface area contributed by atoms with Crippen molar-refractivity contribution in [3.8, 4) is 11.5 Å². The summed E-state index contributed by atoms with van der Waals surface area (Å²) in [5, 5.41) is 2.76. The van der Waals surface area contributed by atoms with Crippen LogP contribution in [-0.2, 0) is 16.1 Å². The number of nitrogens with one attached hydrogen (secondary N) is 1. The highest BCUT2D eigenvalue weighted by molar-refractivity contribution is 5.99. The highest BCUT2D eigenvalue weighted by atomic mass is 16.5. The number of Topliss-reactive ketones (excluding diaryl/α,β-unsaturated/α-hetero) is 1. The maximum absolute atomic E-state index is 12.8. The van der Waals surface area contributed by atoms with Crippen molar-refractivity contribution in [2.24, 2.45) is 5.92 Å². The zero-order valence-electron chi connectivity index (χ0n) is 19.3. The molecule has 0 unspecified atom stereocenters. The molecule has 7 heteroatoms.